The van der Waals surface area contributed by atoms with Gasteiger partial charge in [0.15, 0.2) is 0 Å². The molecule has 1 heteroatoms. The maximum Gasteiger partial charge on any atom is 0.0683 e. The molecule has 80 valence electrons. The van der Waals surface area contributed by atoms with Crippen LogP contribution in [0.4, 0.5) is 0 Å². The molecule has 0 bridgehead atoms. The summed E-state index contributed by atoms with van der Waals surface area (Å²) in [4.78, 5) is 0. The first-order valence-corrected chi connectivity index (χ1v) is 5.51. The van der Waals surface area contributed by atoms with Gasteiger partial charge >= 0.3 is 0 Å². The Morgan fingerprint density at radius 2 is 1.87 bits per heavy atom. The highest BCUT2D eigenvalue weighted by atomic mass is 16.5. The van der Waals surface area contributed by atoms with E-state index >= 15 is 0 Å². The monoisotopic (exact) mass is 202 g/mol. The molecule has 0 aromatic heterocycles. The lowest BCUT2D eigenvalue weighted by Crippen LogP contribution is -1.94. The van der Waals surface area contributed by atoms with Crippen molar-refractivity contribution in [2.75, 3.05) is 13.2 Å². The Hall–Kier alpha value is -1.08. The van der Waals surface area contributed by atoms with Crippen molar-refractivity contribution in [3.05, 3.63) is 40.5 Å². The van der Waals surface area contributed by atoms with Crippen molar-refractivity contribution in [3.63, 3.8) is 0 Å². The number of aryl methyl sites for hydroxylation is 2. The molecule has 1 aromatic rings. The summed E-state index contributed by atoms with van der Waals surface area (Å²) in [6.45, 7) is 8.18. The van der Waals surface area contributed by atoms with Crippen molar-refractivity contribution in [2.24, 2.45) is 5.92 Å². The molecule has 0 amide bonds. The van der Waals surface area contributed by atoms with Gasteiger partial charge in [-0.15, -0.1) is 0 Å². The topological polar surface area (TPSA) is 9.23 Å². The normalized spacial score (nSPS) is 23.7. The Bertz CT molecular complexity index is 370. The smallest absolute Gasteiger partial charge is 0.0683 e. The summed E-state index contributed by atoms with van der Waals surface area (Å²) in [5.74, 6) is 0.575. The predicted octanol–water partition coefficient (Wildman–Crippen LogP) is 3.35. The van der Waals surface area contributed by atoms with E-state index in [4.69, 9.17) is 4.74 Å². The molecular formula is C14H18O. The van der Waals surface area contributed by atoms with Gasteiger partial charge in [0.2, 0.25) is 0 Å². The Morgan fingerprint density at radius 1 is 1.20 bits per heavy atom. The van der Waals surface area contributed by atoms with Crippen LogP contribution in [0.15, 0.2) is 23.8 Å². The van der Waals surface area contributed by atoms with Gasteiger partial charge in [0, 0.05) is 5.92 Å². The van der Waals surface area contributed by atoms with Gasteiger partial charge in [0.05, 0.1) is 13.2 Å². The summed E-state index contributed by atoms with van der Waals surface area (Å²) in [7, 11) is 0. The zero-order chi connectivity index (χ0) is 10.8. The Morgan fingerprint density at radius 3 is 2.40 bits per heavy atom. The highest BCUT2D eigenvalue weighted by Gasteiger charge is 2.16. The molecule has 2 rings (SSSR count). The third kappa shape index (κ3) is 2.48. The van der Waals surface area contributed by atoms with E-state index < -0.39 is 0 Å². The van der Waals surface area contributed by atoms with Crippen LogP contribution in [-0.2, 0) is 4.74 Å². The summed E-state index contributed by atoms with van der Waals surface area (Å²) in [5.41, 5.74) is 5.38. The average molecular weight is 202 g/mol. The molecular weight excluding hydrogens is 184 g/mol. The van der Waals surface area contributed by atoms with Crippen LogP contribution in [0.1, 0.15) is 23.6 Å². The SMILES string of the molecule is Cc1cc(C)cc(/C=C2/COCC2C)c1. The molecule has 1 heterocycles. The van der Waals surface area contributed by atoms with Crippen molar-refractivity contribution in [2.45, 2.75) is 20.8 Å². The van der Waals surface area contributed by atoms with Crippen LogP contribution < -0.4 is 0 Å². The minimum absolute atomic E-state index is 0.575. The van der Waals surface area contributed by atoms with Crippen molar-refractivity contribution < 1.29 is 4.74 Å². The van der Waals surface area contributed by atoms with Crippen LogP contribution in [0.25, 0.3) is 6.08 Å². The number of hydrogen-bond donors (Lipinski definition) is 0. The Kier molecular flexibility index (Phi) is 2.92. The lowest BCUT2D eigenvalue weighted by Gasteiger charge is -2.04. The van der Waals surface area contributed by atoms with Gasteiger partial charge in [-0.3, -0.25) is 0 Å². The molecule has 1 aromatic carbocycles. The van der Waals surface area contributed by atoms with Gasteiger partial charge in [-0.1, -0.05) is 42.3 Å². The summed E-state index contributed by atoms with van der Waals surface area (Å²) in [5, 5.41) is 0. The standard InChI is InChI=1S/C14H18O/c1-10-4-11(2)6-13(5-10)7-14-9-15-8-12(14)3/h4-7,12H,8-9H2,1-3H3/b14-7-. The second-order valence-electron chi connectivity index (χ2n) is 4.56. The summed E-state index contributed by atoms with van der Waals surface area (Å²) >= 11 is 0. The summed E-state index contributed by atoms with van der Waals surface area (Å²) in [6.07, 6.45) is 2.28. The number of ether oxygens (including phenoxy) is 1. The first-order valence-electron chi connectivity index (χ1n) is 5.51. The van der Waals surface area contributed by atoms with E-state index in [1.807, 2.05) is 0 Å². The maximum absolute atomic E-state index is 5.43. The van der Waals surface area contributed by atoms with Gasteiger partial charge in [0.1, 0.15) is 0 Å². The Labute approximate surface area is 91.8 Å². The van der Waals surface area contributed by atoms with Gasteiger partial charge in [-0.2, -0.15) is 0 Å². The van der Waals surface area contributed by atoms with Crippen LogP contribution >= 0.6 is 0 Å². The van der Waals surface area contributed by atoms with E-state index in [2.05, 4.69) is 45.0 Å². The van der Waals surface area contributed by atoms with Crippen molar-refractivity contribution >= 4 is 6.08 Å². The molecule has 1 aliphatic heterocycles. The average Bonchev–Trinajstić information content (AvgIpc) is 2.50. The zero-order valence-corrected chi connectivity index (χ0v) is 9.71. The van der Waals surface area contributed by atoms with E-state index in [1.165, 1.54) is 22.3 Å². The van der Waals surface area contributed by atoms with E-state index in [9.17, 15) is 0 Å². The van der Waals surface area contributed by atoms with Crippen LogP contribution in [0, 0.1) is 19.8 Å². The van der Waals surface area contributed by atoms with Gasteiger partial charge < -0.3 is 4.74 Å². The highest BCUT2D eigenvalue weighted by molar-refractivity contribution is 5.56. The first kappa shape index (κ1) is 10.4. The van der Waals surface area contributed by atoms with Gasteiger partial charge in [0.25, 0.3) is 0 Å². The molecule has 0 aliphatic carbocycles. The summed E-state index contributed by atoms with van der Waals surface area (Å²) in [6, 6.07) is 6.66. The molecule has 1 aliphatic rings. The van der Waals surface area contributed by atoms with E-state index in [-0.39, 0.29) is 0 Å². The minimum Gasteiger partial charge on any atom is -0.376 e. The highest BCUT2D eigenvalue weighted by Crippen LogP contribution is 2.22. The Balaban J connectivity index is 2.30. The quantitative estimate of drug-likeness (QED) is 0.678. The third-order valence-corrected chi connectivity index (χ3v) is 2.87. The maximum atomic E-state index is 5.43. The van der Waals surface area contributed by atoms with E-state index in [1.54, 1.807) is 0 Å². The summed E-state index contributed by atoms with van der Waals surface area (Å²) < 4.78 is 5.43. The second kappa shape index (κ2) is 4.19. The molecule has 1 saturated heterocycles. The lowest BCUT2D eigenvalue weighted by molar-refractivity contribution is 0.191. The number of benzene rings is 1. The van der Waals surface area contributed by atoms with E-state index in [0.717, 1.165) is 13.2 Å². The fraction of sp³-hybridized carbons (Fsp3) is 0.429. The minimum atomic E-state index is 0.575. The fourth-order valence-corrected chi connectivity index (χ4v) is 2.09. The predicted molar refractivity (Wildman–Crippen MR) is 63.9 cm³/mol. The van der Waals surface area contributed by atoms with Crippen LogP contribution in [0.2, 0.25) is 0 Å². The van der Waals surface area contributed by atoms with Gasteiger partial charge in [-0.25, -0.2) is 0 Å². The van der Waals surface area contributed by atoms with Crippen molar-refractivity contribution in [1.82, 2.24) is 0 Å². The van der Waals surface area contributed by atoms with Crippen LogP contribution in [0.5, 0.6) is 0 Å². The number of hydrogen-bond acceptors (Lipinski definition) is 1. The van der Waals surface area contributed by atoms with Crippen LogP contribution in [-0.4, -0.2) is 13.2 Å². The zero-order valence-electron chi connectivity index (χ0n) is 9.71. The molecule has 0 radical (unpaired) electrons. The van der Waals surface area contributed by atoms with E-state index in [0.29, 0.717) is 5.92 Å². The fourth-order valence-electron chi connectivity index (χ4n) is 2.09. The van der Waals surface area contributed by atoms with Crippen molar-refractivity contribution in [1.29, 1.82) is 0 Å². The largest absolute Gasteiger partial charge is 0.376 e. The molecule has 1 atom stereocenters. The molecule has 0 saturated carbocycles. The van der Waals surface area contributed by atoms with Crippen LogP contribution in [0.3, 0.4) is 0 Å². The molecule has 1 nitrogen and oxygen atoms in total. The van der Waals surface area contributed by atoms with Crippen molar-refractivity contribution in [3.8, 4) is 0 Å². The molecule has 0 spiro atoms. The lowest BCUT2D eigenvalue weighted by atomic mass is 10.00. The number of rotatable bonds is 1. The first-order chi connectivity index (χ1) is 7.15. The van der Waals surface area contributed by atoms with Gasteiger partial charge in [-0.05, 0) is 25.0 Å². The second-order valence-corrected chi connectivity index (χ2v) is 4.56. The third-order valence-electron chi connectivity index (χ3n) is 2.87. The molecule has 1 unspecified atom stereocenters. The molecule has 15 heavy (non-hydrogen) atoms. The molecule has 1 fully saturated rings. The molecule has 0 N–H and O–H groups in total.